The van der Waals surface area contributed by atoms with E-state index < -0.39 is 19.2 Å². The number of hydrogen-bond donors (Lipinski definition) is 0. The first-order valence-electron chi connectivity index (χ1n) is 4.45. The third-order valence-corrected chi connectivity index (χ3v) is 2.55. The van der Waals surface area contributed by atoms with E-state index in [2.05, 4.69) is 9.44 Å². The van der Waals surface area contributed by atoms with Crippen molar-refractivity contribution in [2.75, 3.05) is 0 Å². The molecule has 0 unspecified atom stereocenters. The van der Waals surface area contributed by atoms with Crippen LogP contribution in [0.1, 0.15) is 11.1 Å². The summed E-state index contributed by atoms with van der Waals surface area (Å²) in [7, 11) is -4.11. The summed E-state index contributed by atoms with van der Waals surface area (Å²) in [4.78, 5) is 0. The van der Waals surface area contributed by atoms with Gasteiger partial charge in [-0.25, -0.2) is 0 Å². The predicted octanol–water partition coefficient (Wildman–Crippen LogP) is 2.96. The lowest BCUT2D eigenvalue weighted by Gasteiger charge is -2.09. The van der Waals surface area contributed by atoms with Crippen LogP contribution in [-0.4, -0.2) is 20.3 Å². The van der Waals surface area contributed by atoms with Crippen molar-refractivity contribution >= 4 is 34.2 Å². The van der Waals surface area contributed by atoms with E-state index in [1.54, 1.807) is 6.92 Å². The lowest BCUT2D eigenvalue weighted by Crippen LogP contribution is -2.24. The minimum Gasteiger partial charge on any atom is -0.260 e. The molecule has 1 aromatic rings. The molecule has 0 heterocycles. The van der Waals surface area contributed by atoms with Crippen molar-refractivity contribution in [1.82, 2.24) is 0 Å². The predicted molar refractivity (Wildman–Crippen MR) is 67.8 cm³/mol. The van der Waals surface area contributed by atoms with Crippen LogP contribution in [0, 0.1) is 6.92 Å². The first-order chi connectivity index (χ1) is 8.09. The standard InChI is InChI=1S/C9H7F3INO3S/c1-6-2-4-7(5-3-6)8(9(10,11)12)14-17-18(13,15)16/h2-5H,1H3/b14-8+. The van der Waals surface area contributed by atoms with Gasteiger partial charge in [-0.3, -0.25) is 4.28 Å². The maximum absolute atomic E-state index is 12.7. The fourth-order valence-electron chi connectivity index (χ4n) is 1.06. The molecule has 9 heteroatoms. The zero-order chi connectivity index (χ0) is 14.0. The molecule has 0 radical (unpaired) electrons. The lowest BCUT2D eigenvalue weighted by molar-refractivity contribution is -0.0596. The molecule has 0 saturated carbocycles. The van der Waals surface area contributed by atoms with Crippen molar-refractivity contribution < 1.29 is 25.9 Å². The molecule has 100 valence electrons. The lowest BCUT2D eigenvalue weighted by atomic mass is 10.1. The molecule has 1 rings (SSSR count). The number of hydrogen-bond acceptors (Lipinski definition) is 4. The summed E-state index contributed by atoms with van der Waals surface area (Å²) < 4.78 is 63.1. The highest BCUT2D eigenvalue weighted by Gasteiger charge is 2.38. The summed E-state index contributed by atoms with van der Waals surface area (Å²) in [5, 5.41) is 2.66. The SMILES string of the molecule is Cc1ccc(/C(=N\OS(=O)(=O)I)C(F)(F)F)cc1. The average molecular weight is 393 g/mol. The van der Waals surface area contributed by atoms with Gasteiger partial charge in [0, 0.05) is 5.56 Å². The largest absolute Gasteiger partial charge is 0.437 e. The molecule has 0 spiro atoms. The van der Waals surface area contributed by atoms with Gasteiger partial charge in [0.15, 0.2) is 5.71 Å². The second-order valence-corrected chi connectivity index (χ2v) is 7.44. The van der Waals surface area contributed by atoms with Gasteiger partial charge in [-0.1, -0.05) is 35.0 Å². The smallest absolute Gasteiger partial charge is 0.260 e. The Morgan fingerprint density at radius 1 is 1.28 bits per heavy atom. The number of aryl methyl sites for hydroxylation is 1. The van der Waals surface area contributed by atoms with Crippen molar-refractivity contribution in [3.63, 3.8) is 0 Å². The Balaban J connectivity index is 3.19. The van der Waals surface area contributed by atoms with Gasteiger partial charge in [0.25, 0.3) is 0 Å². The van der Waals surface area contributed by atoms with Crippen LogP contribution >= 0.6 is 21.2 Å². The van der Waals surface area contributed by atoms with Gasteiger partial charge in [0.1, 0.15) is 21.2 Å². The minimum absolute atomic E-state index is 0.270. The zero-order valence-corrected chi connectivity index (χ0v) is 11.9. The second kappa shape index (κ2) is 5.43. The monoisotopic (exact) mass is 393 g/mol. The minimum atomic E-state index is -4.81. The number of alkyl halides is 3. The fraction of sp³-hybridized carbons (Fsp3) is 0.222. The Kier molecular flexibility index (Phi) is 4.59. The third kappa shape index (κ3) is 4.80. The summed E-state index contributed by atoms with van der Waals surface area (Å²) in [6.45, 7) is 1.71. The van der Waals surface area contributed by atoms with E-state index in [4.69, 9.17) is 0 Å². The second-order valence-electron chi connectivity index (χ2n) is 3.27. The van der Waals surface area contributed by atoms with E-state index in [1.165, 1.54) is 24.3 Å². The van der Waals surface area contributed by atoms with Gasteiger partial charge in [0.2, 0.25) is 0 Å². The Labute approximate surface area is 114 Å². The number of benzene rings is 1. The molecule has 0 aromatic heterocycles. The summed E-state index contributed by atoms with van der Waals surface area (Å²) in [6.07, 6.45) is -4.81. The Morgan fingerprint density at radius 3 is 2.17 bits per heavy atom. The van der Waals surface area contributed by atoms with Crippen LogP contribution in [0.3, 0.4) is 0 Å². The molecule has 0 saturated heterocycles. The molecule has 0 fully saturated rings. The van der Waals surface area contributed by atoms with Crippen LogP contribution in [-0.2, 0) is 11.6 Å². The maximum atomic E-state index is 12.7. The molecule has 0 aliphatic heterocycles. The van der Waals surface area contributed by atoms with E-state index in [9.17, 15) is 21.6 Å². The van der Waals surface area contributed by atoms with E-state index >= 15 is 0 Å². The third-order valence-electron chi connectivity index (χ3n) is 1.81. The number of halogens is 4. The van der Waals surface area contributed by atoms with Crippen LogP contribution in [0.15, 0.2) is 29.4 Å². The molecular weight excluding hydrogens is 386 g/mol. The molecule has 4 nitrogen and oxygen atoms in total. The van der Waals surface area contributed by atoms with Crippen molar-refractivity contribution in [2.24, 2.45) is 5.16 Å². The van der Waals surface area contributed by atoms with E-state index in [0.717, 1.165) is 26.8 Å². The first-order valence-corrected chi connectivity index (χ1v) is 8.40. The van der Waals surface area contributed by atoms with E-state index in [1.807, 2.05) is 0 Å². The molecule has 18 heavy (non-hydrogen) atoms. The molecule has 1 aromatic carbocycles. The van der Waals surface area contributed by atoms with Crippen LogP contribution in [0.5, 0.6) is 0 Å². The summed E-state index contributed by atoms with van der Waals surface area (Å²) in [6, 6.07) is 5.28. The molecule has 0 aliphatic carbocycles. The van der Waals surface area contributed by atoms with Crippen molar-refractivity contribution in [3.8, 4) is 0 Å². The highest BCUT2D eigenvalue weighted by Crippen LogP contribution is 2.23. The van der Waals surface area contributed by atoms with E-state index in [0.29, 0.717) is 0 Å². The van der Waals surface area contributed by atoms with Gasteiger partial charge < -0.3 is 0 Å². The topological polar surface area (TPSA) is 55.7 Å². The van der Waals surface area contributed by atoms with Crippen molar-refractivity contribution in [3.05, 3.63) is 35.4 Å². The van der Waals surface area contributed by atoms with Crippen molar-refractivity contribution in [1.29, 1.82) is 0 Å². The summed E-state index contributed by atoms with van der Waals surface area (Å²) in [5.74, 6) is 0. The summed E-state index contributed by atoms with van der Waals surface area (Å²) in [5.41, 5.74) is -0.904. The van der Waals surface area contributed by atoms with Gasteiger partial charge in [-0.2, -0.15) is 21.6 Å². The van der Waals surface area contributed by atoms with Crippen LogP contribution in [0.4, 0.5) is 13.2 Å². The zero-order valence-electron chi connectivity index (χ0n) is 8.90. The average Bonchev–Trinajstić information content (AvgIpc) is 2.17. The van der Waals surface area contributed by atoms with Gasteiger partial charge in [-0.15, -0.1) is 0 Å². The molecule has 0 bridgehead atoms. The normalized spacial score (nSPS) is 13.5. The first kappa shape index (κ1) is 15.2. The van der Waals surface area contributed by atoms with Crippen LogP contribution in [0.25, 0.3) is 0 Å². The molecule has 0 aliphatic rings. The fourth-order valence-corrected chi connectivity index (χ4v) is 1.47. The summed E-state index contributed by atoms with van der Waals surface area (Å²) >= 11 is 0.838. The highest BCUT2D eigenvalue weighted by molar-refractivity contribution is 14.2. The molecular formula is C9H7F3INO3S. The van der Waals surface area contributed by atoms with Gasteiger partial charge in [-0.05, 0) is 6.92 Å². The van der Waals surface area contributed by atoms with Gasteiger partial charge >= 0.3 is 13.5 Å². The van der Waals surface area contributed by atoms with Crippen LogP contribution in [0.2, 0.25) is 0 Å². The highest BCUT2D eigenvalue weighted by atomic mass is 127. The molecule has 0 N–H and O–H groups in total. The Hall–Kier alpha value is -0.840. The number of nitrogens with zero attached hydrogens (tertiary/aromatic N) is 1. The van der Waals surface area contributed by atoms with Crippen molar-refractivity contribution in [2.45, 2.75) is 13.1 Å². The maximum Gasteiger partial charge on any atom is 0.437 e. The molecule has 0 amide bonds. The Bertz CT molecular complexity index is 551. The number of rotatable bonds is 3. The molecule has 0 atom stereocenters. The van der Waals surface area contributed by atoms with Gasteiger partial charge in [0.05, 0.1) is 0 Å². The quantitative estimate of drug-likeness (QED) is 0.344. The van der Waals surface area contributed by atoms with E-state index in [-0.39, 0.29) is 5.56 Å². The number of oxime groups is 1. The van der Waals surface area contributed by atoms with Crippen LogP contribution < -0.4 is 0 Å². The Morgan fingerprint density at radius 2 is 1.78 bits per heavy atom.